The Bertz CT molecular complexity index is 376. The molecule has 1 aromatic carbocycles. The van der Waals surface area contributed by atoms with Gasteiger partial charge in [0.2, 0.25) is 0 Å². The highest BCUT2D eigenvalue weighted by Gasteiger charge is 2.23. The predicted molar refractivity (Wildman–Crippen MR) is 67.0 cm³/mol. The van der Waals surface area contributed by atoms with Gasteiger partial charge in [0, 0.05) is 23.1 Å². The van der Waals surface area contributed by atoms with Crippen molar-refractivity contribution in [2.45, 2.75) is 13.0 Å². The van der Waals surface area contributed by atoms with Crippen molar-refractivity contribution in [3.05, 3.63) is 27.7 Å². The number of methoxy groups -OCH3 is 1. The molecule has 2 rings (SSSR count). The number of hydrogen-bond donors (Lipinski definition) is 1. The molecule has 0 amide bonds. The second-order valence-corrected chi connectivity index (χ2v) is 4.73. The first kappa shape index (κ1) is 11.9. The molecule has 1 fully saturated rings. The molecule has 0 spiro atoms. The fourth-order valence-electron chi connectivity index (χ4n) is 2.01. The average molecular weight is 286 g/mol. The first-order chi connectivity index (χ1) is 7.74. The Balaban J connectivity index is 2.40. The van der Waals surface area contributed by atoms with Gasteiger partial charge in [0.05, 0.1) is 19.8 Å². The van der Waals surface area contributed by atoms with E-state index in [1.165, 1.54) is 0 Å². The lowest BCUT2D eigenvalue weighted by Crippen LogP contribution is -2.33. The van der Waals surface area contributed by atoms with Gasteiger partial charge in [-0.25, -0.2) is 0 Å². The van der Waals surface area contributed by atoms with Gasteiger partial charge >= 0.3 is 0 Å². The molecule has 1 aliphatic rings. The lowest BCUT2D eigenvalue weighted by atomic mass is 10.0. The van der Waals surface area contributed by atoms with E-state index in [9.17, 15) is 0 Å². The zero-order valence-electron chi connectivity index (χ0n) is 9.55. The quantitative estimate of drug-likeness (QED) is 0.905. The second kappa shape index (κ2) is 5.17. The Morgan fingerprint density at radius 2 is 2.31 bits per heavy atom. The number of benzene rings is 1. The van der Waals surface area contributed by atoms with Crippen LogP contribution >= 0.6 is 15.9 Å². The molecule has 1 unspecified atom stereocenters. The Morgan fingerprint density at radius 3 is 2.94 bits per heavy atom. The van der Waals surface area contributed by atoms with Crippen molar-refractivity contribution in [3.63, 3.8) is 0 Å². The van der Waals surface area contributed by atoms with Gasteiger partial charge in [-0.05, 0) is 18.6 Å². The molecule has 1 atom stereocenters. The standard InChI is InChI=1S/C12H16BrNO2/c1-8-3-4-9(13)11(12(8)15-2)10-7-14-5-6-16-10/h3-4,10,14H,5-7H2,1-2H3. The monoisotopic (exact) mass is 285 g/mol. The zero-order chi connectivity index (χ0) is 11.5. The van der Waals surface area contributed by atoms with Crippen molar-refractivity contribution in [1.82, 2.24) is 5.32 Å². The molecule has 0 aliphatic carbocycles. The maximum Gasteiger partial charge on any atom is 0.128 e. The van der Waals surface area contributed by atoms with Gasteiger partial charge in [0.25, 0.3) is 0 Å². The first-order valence-corrected chi connectivity index (χ1v) is 6.18. The van der Waals surface area contributed by atoms with Crippen LogP contribution in [0.2, 0.25) is 0 Å². The van der Waals surface area contributed by atoms with E-state index in [1.807, 2.05) is 19.1 Å². The highest BCUT2D eigenvalue weighted by molar-refractivity contribution is 9.10. The van der Waals surface area contributed by atoms with Crippen LogP contribution in [0.5, 0.6) is 5.75 Å². The molecule has 16 heavy (non-hydrogen) atoms. The third kappa shape index (κ3) is 2.24. The Hall–Kier alpha value is -0.580. The van der Waals surface area contributed by atoms with Crippen LogP contribution < -0.4 is 10.1 Å². The number of nitrogens with one attached hydrogen (secondary N) is 1. The Kier molecular flexibility index (Phi) is 3.84. The van der Waals surface area contributed by atoms with Crippen LogP contribution in [0.1, 0.15) is 17.2 Å². The minimum absolute atomic E-state index is 0.0676. The summed E-state index contributed by atoms with van der Waals surface area (Å²) in [4.78, 5) is 0. The normalized spacial score (nSPS) is 20.8. The van der Waals surface area contributed by atoms with Crippen molar-refractivity contribution in [2.75, 3.05) is 26.8 Å². The van der Waals surface area contributed by atoms with E-state index in [4.69, 9.17) is 9.47 Å². The van der Waals surface area contributed by atoms with Crippen LogP contribution in [0.3, 0.4) is 0 Å². The number of aryl methyl sites for hydroxylation is 1. The van der Waals surface area contributed by atoms with Gasteiger partial charge in [-0.3, -0.25) is 0 Å². The largest absolute Gasteiger partial charge is 0.496 e. The molecule has 88 valence electrons. The summed E-state index contributed by atoms with van der Waals surface area (Å²) in [5, 5.41) is 3.33. The first-order valence-electron chi connectivity index (χ1n) is 5.39. The van der Waals surface area contributed by atoms with E-state index in [1.54, 1.807) is 7.11 Å². The second-order valence-electron chi connectivity index (χ2n) is 3.87. The Labute approximate surface area is 104 Å². The van der Waals surface area contributed by atoms with Crippen LogP contribution in [0, 0.1) is 6.92 Å². The zero-order valence-corrected chi connectivity index (χ0v) is 11.1. The van der Waals surface area contributed by atoms with Gasteiger partial charge in [-0.15, -0.1) is 0 Å². The van der Waals surface area contributed by atoms with Crippen LogP contribution in [0.15, 0.2) is 16.6 Å². The number of ether oxygens (including phenoxy) is 2. The highest BCUT2D eigenvalue weighted by atomic mass is 79.9. The molecule has 0 radical (unpaired) electrons. The van der Waals surface area contributed by atoms with E-state index in [-0.39, 0.29) is 6.10 Å². The number of hydrogen-bond acceptors (Lipinski definition) is 3. The van der Waals surface area contributed by atoms with Crippen LogP contribution in [-0.4, -0.2) is 26.8 Å². The molecule has 1 aliphatic heterocycles. The molecule has 1 heterocycles. The van der Waals surface area contributed by atoms with E-state index < -0.39 is 0 Å². The number of rotatable bonds is 2. The van der Waals surface area contributed by atoms with Gasteiger partial charge in [0.1, 0.15) is 5.75 Å². The third-order valence-corrected chi connectivity index (χ3v) is 3.48. The van der Waals surface area contributed by atoms with Crippen molar-refractivity contribution >= 4 is 15.9 Å². The minimum atomic E-state index is 0.0676. The SMILES string of the molecule is COc1c(C)ccc(Br)c1C1CNCCO1. The molecule has 0 saturated carbocycles. The smallest absolute Gasteiger partial charge is 0.128 e. The summed E-state index contributed by atoms with van der Waals surface area (Å²) in [6.07, 6.45) is 0.0676. The molecular formula is C12H16BrNO2. The summed E-state index contributed by atoms with van der Waals surface area (Å²) in [7, 11) is 1.70. The maximum atomic E-state index is 5.77. The fourth-order valence-corrected chi connectivity index (χ4v) is 2.57. The van der Waals surface area contributed by atoms with Gasteiger partial charge in [-0.1, -0.05) is 22.0 Å². The average Bonchev–Trinajstić information content (AvgIpc) is 2.33. The van der Waals surface area contributed by atoms with Crippen molar-refractivity contribution in [2.24, 2.45) is 0 Å². The van der Waals surface area contributed by atoms with Crippen LogP contribution in [0.25, 0.3) is 0 Å². The highest BCUT2D eigenvalue weighted by Crippen LogP contribution is 2.37. The predicted octanol–water partition coefficient (Wildman–Crippen LogP) is 2.43. The molecule has 0 aromatic heterocycles. The minimum Gasteiger partial charge on any atom is -0.496 e. The van der Waals surface area contributed by atoms with Crippen molar-refractivity contribution in [3.8, 4) is 5.75 Å². The Morgan fingerprint density at radius 1 is 1.50 bits per heavy atom. The molecular weight excluding hydrogens is 270 g/mol. The summed E-state index contributed by atoms with van der Waals surface area (Å²) in [5.74, 6) is 0.920. The molecule has 0 bridgehead atoms. The lowest BCUT2D eigenvalue weighted by molar-refractivity contribution is 0.0257. The molecule has 1 aromatic rings. The van der Waals surface area contributed by atoms with Crippen molar-refractivity contribution in [1.29, 1.82) is 0 Å². The maximum absolute atomic E-state index is 5.77. The van der Waals surface area contributed by atoms with Crippen LogP contribution in [-0.2, 0) is 4.74 Å². The van der Waals surface area contributed by atoms with Crippen LogP contribution in [0.4, 0.5) is 0 Å². The molecule has 1 saturated heterocycles. The van der Waals surface area contributed by atoms with E-state index in [0.29, 0.717) is 0 Å². The summed E-state index contributed by atoms with van der Waals surface area (Å²) in [6.45, 7) is 4.54. The summed E-state index contributed by atoms with van der Waals surface area (Å²) in [5.41, 5.74) is 2.24. The van der Waals surface area contributed by atoms with E-state index >= 15 is 0 Å². The van der Waals surface area contributed by atoms with E-state index in [0.717, 1.165) is 41.0 Å². The summed E-state index contributed by atoms with van der Waals surface area (Å²) < 4.78 is 12.3. The molecule has 4 heteroatoms. The van der Waals surface area contributed by atoms with Gasteiger partial charge < -0.3 is 14.8 Å². The number of halogens is 1. The third-order valence-electron chi connectivity index (χ3n) is 2.79. The summed E-state index contributed by atoms with van der Waals surface area (Å²) in [6, 6.07) is 4.09. The van der Waals surface area contributed by atoms with E-state index in [2.05, 4.69) is 21.2 Å². The van der Waals surface area contributed by atoms with Gasteiger partial charge in [-0.2, -0.15) is 0 Å². The molecule has 1 N–H and O–H groups in total. The summed E-state index contributed by atoms with van der Waals surface area (Å²) >= 11 is 3.57. The van der Waals surface area contributed by atoms with Crippen molar-refractivity contribution < 1.29 is 9.47 Å². The molecule has 3 nitrogen and oxygen atoms in total. The lowest BCUT2D eigenvalue weighted by Gasteiger charge is -2.26. The fraction of sp³-hybridized carbons (Fsp3) is 0.500. The van der Waals surface area contributed by atoms with Gasteiger partial charge in [0.15, 0.2) is 0 Å². The number of morpholine rings is 1. The topological polar surface area (TPSA) is 30.5 Å².